The summed E-state index contributed by atoms with van der Waals surface area (Å²) in [5.41, 5.74) is 1.68. The number of amides is 1. The molecule has 0 aromatic heterocycles. The molecular weight excluding hydrogens is 238 g/mol. The number of aryl methyl sites for hydroxylation is 1. The van der Waals surface area contributed by atoms with Crippen molar-refractivity contribution in [1.29, 1.82) is 0 Å². The lowest BCUT2D eigenvalue weighted by atomic mass is 10.2. The Morgan fingerprint density at radius 1 is 1.53 bits per heavy atom. The third kappa shape index (κ3) is 2.91. The van der Waals surface area contributed by atoms with E-state index in [1.807, 2.05) is 19.9 Å². The van der Waals surface area contributed by atoms with Gasteiger partial charge in [0.25, 0.3) is 0 Å². The lowest BCUT2D eigenvalue weighted by molar-refractivity contribution is -0.117. The quantitative estimate of drug-likeness (QED) is 0.893. The van der Waals surface area contributed by atoms with Gasteiger partial charge in [-0.1, -0.05) is 11.6 Å². The predicted molar refractivity (Wildman–Crippen MR) is 68.7 cm³/mol. The van der Waals surface area contributed by atoms with Gasteiger partial charge in [0.05, 0.1) is 11.6 Å². The predicted octanol–water partition coefficient (Wildman–Crippen LogP) is 3.40. The Kier molecular flexibility index (Phi) is 3.57. The number of rotatable bonds is 4. The maximum atomic E-state index is 11.6. The van der Waals surface area contributed by atoms with E-state index in [9.17, 15) is 4.79 Å². The van der Waals surface area contributed by atoms with Gasteiger partial charge >= 0.3 is 0 Å². The molecule has 1 fully saturated rings. The fourth-order valence-electron chi connectivity index (χ4n) is 1.72. The van der Waals surface area contributed by atoms with Crippen molar-refractivity contribution in [3.63, 3.8) is 0 Å². The lowest BCUT2D eigenvalue weighted by Crippen LogP contribution is -2.13. The minimum atomic E-state index is 0.0876. The van der Waals surface area contributed by atoms with Crippen molar-refractivity contribution >= 4 is 23.2 Å². The van der Waals surface area contributed by atoms with Crippen LogP contribution in [0, 0.1) is 12.8 Å². The molecule has 0 aliphatic heterocycles. The van der Waals surface area contributed by atoms with Gasteiger partial charge in [0, 0.05) is 11.6 Å². The standard InChI is InChI=1S/C13H16ClNO2/c1-3-17-12-8(2)6-10(7-11(12)14)15-13(16)9-4-5-9/h6-7,9H,3-5H2,1-2H3,(H,15,16). The topological polar surface area (TPSA) is 38.3 Å². The number of halogens is 1. The maximum absolute atomic E-state index is 11.6. The van der Waals surface area contributed by atoms with Crippen molar-refractivity contribution in [2.75, 3.05) is 11.9 Å². The zero-order valence-electron chi connectivity index (χ0n) is 10.0. The summed E-state index contributed by atoms with van der Waals surface area (Å²) >= 11 is 6.12. The van der Waals surface area contributed by atoms with E-state index < -0.39 is 0 Å². The zero-order valence-corrected chi connectivity index (χ0v) is 10.8. The van der Waals surface area contributed by atoms with Gasteiger partial charge in [-0.2, -0.15) is 0 Å². The molecule has 4 heteroatoms. The SMILES string of the molecule is CCOc1c(C)cc(NC(=O)C2CC2)cc1Cl. The molecule has 1 N–H and O–H groups in total. The molecule has 0 bridgehead atoms. The molecule has 0 radical (unpaired) electrons. The lowest BCUT2D eigenvalue weighted by Gasteiger charge is -2.12. The second-order valence-corrected chi connectivity index (χ2v) is 4.71. The molecule has 0 saturated heterocycles. The Morgan fingerprint density at radius 3 is 2.76 bits per heavy atom. The Morgan fingerprint density at radius 2 is 2.24 bits per heavy atom. The maximum Gasteiger partial charge on any atom is 0.227 e. The van der Waals surface area contributed by atoms with E-state index in [4.69, 9.17) is 16.3 Å². The van der Waals surface area contributed by atoms with E-state index in [0.717, 1.165) is 24.1 Å². The van der Waals surface area contributed by atoms with Crippen LogP contribution in [0.1, 0.15) is 25.3 Å². The van der Waals surface area contributed by atoms with Gasteiger partial charge in [0.2, 0.25) is 5.91 Å². The molecule has 0 atom stereocenters. The first-order valence-corrected chi connectivity index (χ1v) is 6.23. The molecule has 0 unspecified atom stereocenters. The first kappa shape index (κ1) is 12.2. The van der Waals surface area contributed by atoms with Crippen LogP contribution in [0.25, 0.3) is 0 Å². The highest BCUT2D eigenvalue weighted by atomic mass is 35.5. The van der Waals surface area contributed by atoms with E-state index in [2.05, 4.69) is 5.32 Å². The average Bonchev–Trinajstić information content (AvgIpc) is 3.07. The summed E-state index contributed by atoms with van der Waals surface area (Å²) in [5.74, 6) is 0.976. The second kappa shape index (κ2) is 4.96. The Balaban J connectivity index is 2.15. The number of hydrogen-bond donors (Lipinski definition) is 1. The van der Waals surface area contributed by atoms with Gasteiger partial charge in [0.1, 0.15) is 5.75 Å². The summed E-state index contributed by atoms with van der Waals surface area (Å²) in [4.78, 5) is 11.6. The molecule has 2 rings (SSSR count). The van der Waals surface area contributed by atoms with Crippen molar-refractivity contribution in [3.8, 4) is 5.75 Å². The highest BCUT2D eigenvalue weighted by Crippen LogP contribution is 2.34. The van der Waals surface area contributed by atoms with Crippen molar-refractivity contribution in [2.24, 2.45) is 5.92 Å². The fraction of sp³-hybridized carbons (Fsp3) is 0.462. The third-order valence-corrected chi connectivity index (χ3v) is 3.01. The van der Waals surface area contributed by atoms with Crippen LogP contribution in [0.3, 0.4) is 0 Å². The van der Waals surface area contributed by atoms with Gasteiger partial charge in [-0.05, 0) is 44.4 Å². The number of anilines is 1. The summed E-state index contributed by atoms with van der Waals surface area (Å²) in [7, 11) is 0. The van der Waals surface area contributed by atoms with Gasteiger partial charge in [-0.15, -0.1) is 0 Å². The van der Waals surface area contributed by atoms with Gasteiger partial charge in [-0.3, -0.25) is 4.79 Å². The largest absolute Gasteiger partial charge is 0.492 e. The summed E-state index contributed by atoms with van der Waals surface area (Å²) < 4.78 is 5.44. The molecule has 1 amide bonds. The first-order valence-electron chi connectivity index (χ1n) is 5.85. The Labute approximate surface area is 106 Å². The molecule has 1 aromatic rings. The van der Waals surface area contributed by atoms with Crippen molar-refractivity contribution in [3.05, 3.63) is 22.7 Å². The number of carbonyl (C=O) groups is 1. The highest BCUT2D eigenvalue weighted by molar-refractivity contribution is 6.32. The molecule has 1 saturated carbocycles. The van der Waals surface area contributed by atoms with Crippen molar-refractivity contribution < 1.29 is 9.53 Å². The minimum Gasteiger partial charge on any atom is -0.492 e. The van der Waals surface area contributed by atoms with Crippen LogP contribution >= 0.6 is 11.6 Å². The van der Waals surface area contributed by atoms with E-state index in [-0.39, 0.29) is 11.8 Å². The first-order chi connectivity index (χ1) is 8.11. The third-order valence-electron chi connectivity index (χ3n) is 2.73. The Bertz CT molecular complexity index is 418. The van der Waals surface area contributed by atoms with E-state index in [0.29, 0.717) is 17.4 Å². The highest BCUT2D eigenvalue weighted by Gasteiger charge is 2.29. The summed E-state index contributed by atoms with van der Waals surface area (Å²) in [5, 5.41) is 3.42. The number of benzene rings is 1. The number of hydrogen-bond acceptors (Lipinski definition) is 2. The molecule has 3 nitrogen and oxygen atoms in total. The van der Waals surface area contributed by atoms with Crippen LogP contribution in [0.15, 0.2) is 12.1 Å². The van der Waals surface area contributed by atoms with Gasteiger partial charge < -0.3 is 10.1 Å². The molecule has 0 heterocycles. The van der Waals surface area contributed by atoms with Crippen LogP contribution < -0.4 is 10.1 Å². The minimum absolute atomic E-state index is 0.0876. The molecule has 1 aliphatic carbocycles. The molecule has 1 aliphatic rings. The van der Waals surface area contributed by atoms with Gasteiger partial charge in [0.15, 0.2) is 0 Å². The van der Waals surface area contributed by atoms with Crippen LogP contribution in [0.2, 0.25) is 5.02 Å². The second-order valence-electron chi connectivity index (χ2n) is 4.30. The fourth-order valence-corrected chi connectivity index (χ4v) is 2.04. The van der Waals surface area contributed by atoms with Crippen LogP contribution in [0.4, 0.5) is 5.69 Å². The van der Waals surface area contributed by atoms with E-state index >= 15 is 0 Å². The number of nitrogens with one attached hydrogen (secondary N) is 1. The molecular formula is C13H16ClNO2. The number of carbonyl (C=O) groups excluding carboxylic acids is 1. The zero-order chi connectivity index (χ0) is 12.4. The van der Waals surface area contributed by atoms with Gasteiger partial charge in [-0.25, -0.2) is 0 Å². The summed E-state index contributed by atoms with van der Waals surface area (Å²) in [6.07, 6.45) is 1.99. The molecule has 1 aromatic carbocycles. The van der Waals surface area contributed by atoms with E-state index in [1.54, 1.807) is 6.07 Å². The van der Waals surface area contributed by atoms with Crippen molar-refractivity contribution in [1.82, 2.24) is 0 Å². The van der Waals surface area contributed by atoms with Crippen molar-refractivity contribution in [2.45, 2.75) is 26.7 Å². The van der Waals surface area contributed by atoms with Crippen LogP contribution in [-0.4, -0.2) is 12.5 Å². The summed E-state index contributed by atoms with van der Waals surface area (Å²) in [6.45, 7) is 4.41. The smallest absolute Gasteiger partial charge is 0.227 e. The molecule has 92 valence electrons. The number of ether oxygens (including phenoxy) is 1. The normalized spacial score (nSPS) is 14.5. The molecule has 17 heavy (non-hydrogen) atoms. The molecule has 0 spiro atoms. The summed E-state index contributed by atoms with van der Waals surface area (Å²) in [6, 6.07) is 3.62. The average molecular weight is 254 g/mol. The van der Waals surface area contributed by atoms with Crippen LogP contribution in [-0.2, 0) is 4.79 Å². The van der Waals surface area contributed by atoms with E-state index in [1.165, 1.54) is 0 Å². The van der Waals surface area contributed by atoms with Crippen LogP contribution in [0.5, 0.6) is 5.75 Å². The monoisotopic (exact) mass is 253 g/mol. The Hall–Kier alpha value is -1.22.